The largest absolute Gasteiger partial charge is 0.478 e. The van der Waals surface area contributed by atoms with Gasteiger partial charge in [0.25, 0.3) is 0 Å². The average Bonchev–Trinajstić information content (AvgIpc) is 3.25. The zero-order chi connectivity index (χ0) is 48.4. The number of esters is 1. The van der Waals surface area contributed by atoms with Crippen molar-refractivity contribution in [2.24, 2.45) is 34.8 Å². The molecule has 5 aromatic rings. The van der Waals surface area contributed by atoms with Crippen LogP contribution in [0.15, 0.2) is 121 Å². The normalized spacial score (nSPS) is 9.19. The third-order valence-electron chi connectivity index (χ3n) is 7.19. The molecule has 0 radical (unpaired) electrons. The fraction of sp³-hybridized carbons (Fsp3) is 0.186. The summed E-state index contributed by atoms with van der Waals surface area (Å²) in [4.78, 5) is 53.5. The van der Waals surface area contributed by atoms with E-state index in [1.807, 2.05) is 71.0 Å². The molecule has 338 valence electrons. The highest BCUT2D eigenvalue weighted by atomic mass is 32.3. The number of aryl methyl sites for hydroxylation is 5. The highest BCUT2D eigenvalue weighted by Gasteiger charge is 2.03. The number of hydrogen-bond donors (Lipinski definition) is 10. The monoisotopic (exact) mass is 882 g/mol. The van der Waals surface area contributed by atoms with Crippen LogP contribution in [0.2, 0.25) is 0 Å². The second-order valence-corrected chi connectivity index (χ2v) is 13.0. The maximum absolute atomic E-state index is 11.0. The van der Waals surface area contributed by atoms with Crippen LogP contribution in [-0.2, 0) is 15.1 Å². The van der Waals surface area contributed by atoms with E-state index in [2.05, 4.69) is 28.1 Å². The van der Waals surface area contributed by atoms with Crippen LogP contribution in [0.25, 0.3) is 0 Å². The zero-order valence-electron chi connectivity index (χ0n) is 35.4. The Morgan fingerprint density at radius 1 is 0.435 bits per heavy atom. The third-order valence-corrected chi connectivity index (χ3v) is 7.19. The lowest BCUT2D eigenvalue weighted by molar-refractivity contribution is 0.0598. The lowest BCUT2D eigenvalue weighted by Gasteiger charge is -1.97. The van der Waals surface area contributed by atoms with Gasteiger partial charge in [0.05, 0.1) is 36.9 Å². The summed E-state index contributed by atoms with van der Waals surface area (Å²) < 4.78 is 36.1. The Hall–Kier alpha value is -6.52. The van der Waals surface area contributed by atoms with Gasteiger partial charge in [-0.1, -0.05) is 113 Å². The van der Waals surface area contributed by atoms with Crippen LogP contribution in [0.4, 0.5) is 0 Å². The second kappa shape index (κ2) is 34.2. The van der Waals surface area contributed by atoms with Crippen molar-refractivity contribution in [1.82, 2.24) is 0 Å². The number of ether oxygens (including phenoxy) is 1. The average molecular weight is 883 g/mol. The molecular weight excluding hydrogens is 825 g/mol. The maximum Gasteiger partial charge on any atom is 0.394 e. The molecule has 0 aliphatic heterocycles. The van der Waals surface area contributed by atoms with Crippen LogP contribution in [-0.4, -0.2) is 77.4 Å². The van der Waals surface area contributed by atoms with E-state index in [1.54, 1.807) is 84.9 Å². The van der Waals surface area contributed by atoms with Gasteiger partial charge in [-0.2, -0.15) is 8.42 Å². The molecule has 19 heteroatoms. The smallest absolute Gasteiger partial charge is 0.394 e. The molecule has 0 aromatic heterocycles. The third kappa shape index (κ3) is 30.5. The number of Topliss-reactive ketones (excluding diaryl/α,β-unsaturated/α-hetero) is 2. The molecule has 0 saturated carbocycles. The summed E-state index contributed by atoms with van der Waals surface area (Å²) in [6.07, 6.45) is 0. The van der Waals surface area contributed by atoms with Crippen LogP contribution in [0, 0.1) is 34.6 Å². The van der Waals surface area contributed by atoms with Gasteiger partial charge < -0.3 is 26.4 Å². The lowest BCUT2D eigenvalue weighted by Crippen LogP contribution is -2.13. The molecule has 5 aromatic carbocycles. The summed E-state index contributed by atoms with van der Waals surface area (Å²) in [7, 11) is -3.29. The number of benzene rings is 5. The van der Waals surface area contributed by atoms with Gasteiger partial charge in [-0.15, -0.1) is 0 Å². The van der Waals surface area contributed by atoms with Gasteiger partial charge in [0.15, 0.2) is 11.6 Å². The molecule has 0 heterocycles. The number of rotatable bonds is 7. The van der Waals surface area contributed by atoms with Gasteiger partial charge in [-0.25, -0.2) is 14.4 Å². The molecule has 0 saturated heterocycles. The predicted molar refractivity (Wildman–Crippen MR) is 239 cm³/mol. The molecule has 0 aliphatic carbocycles. The number of methoxy groups -OCH3 is 1. The van der Waals surface area contributed by atoms with Crippen molar-refractivity contribution in [1.29, 1.82) is 0 Å². The van der Waals surface area contributed by atoms with E-state index in [1.165, 1.54) is 7.11 Å². The highest BCUT2D eigenvalue weighted by Crippen LogP contribution is 2.06. The van der Waals surface area contributed by atoms with Gasteiger partial charge in [0, 0.05) is 11.1 Å². The molecule has 0 fully saturated rings. The Morgan fingerprint density at radius 2 is 0.613 bits per heavy atom. The summed E-state index contributed by atoms with van der Waals surface area (Å²) in [5.74, 6) is 13.9. The van der Waals surface area contributed by atoms with Crippen molar-refractivity contribution in [2.45, 2.75) is 34.6 Å². The van der Waals surface area contributed by atoms with E-state index < -0.39 is 22.3 Å². The van der Waals surface area contributed by atoms with E-state index >= 15 is 0 Å². The summed E-state index contributed by atoms with van der Waals surface area (Å²) in [5, 5.41) is 17.0. The Balaban J connectivity index is -0.000000670. The molecule has 0 bridgehead atoms. The predicted octanol–water partition coefficient (Wildman–Crippen LogP) is 4.43. The molecule has 18 nitrogen and oxygen atoms in total. The number of aromatic carboxylic acids is 2. The molecule has 0 aliphatic rings. The molecule has 0 unspecified atom stereocenters. The molecule has 0 atom stereocenters. The van der Waals surface area contributed by atoms with Gasteiger partial charge >= 0.3 is 28.3 Å². The Kier molecular flexibility index (Phi) is 33.0. The first-order valence-electron chi connectivity index (χ1n) is 17.8. The number of ketones is 2. The molecule has 0 spiro atoms. The summed E-state index contributed by atoms with van der Waals surface area (Å²) in [6.45, 7) is 9.96. The fourth-order valence-electron chi connectivity index (χ4n) is 3.91. The van der Waals surface area contributed by atoms with Gasteiger partial charge in [0.1, 0.15) is 0 Å². The standard InChI is InChI=1S/2C9H11NO.C9H10O2.2C8H8O2.2H4N2.H2O4S/c2*1-7-2-4-8(5-3-7)9(11)6-10;1-7-3-5-8(6-4-7)9(10)11-2;2*1-6-2-4-7(5-3-6)8(9)10;2*1-2;1-5(2,3)4/h2*2-5H,6,10H2,1H3;3-6H,1-2H3;2*2-5H,1H3,(H,9,10);2*1-2H2;(H2,1,2,3,4). The van der Waals surface area contributed by atoms with Crippen LogP contribution >= 0.6 is 0 Å². The summed E-state index contributed by atoms with van der Waals surface area (Å²) >= 11 is 0. The quantitative estimate of drug-likeness (QED) is 0.0355. The van der Waals surface area contributed by atoms with Gasteiger partial charge in [-0.3, -0.25) is 42.1 Å². The first kappa shape index (κ1) is 59.8. The maximum atomic E-state index is 11.0. The topological polar surface area (TPSA) is 366 Å². The minimum absolute atomic E-state index is 0.00926. The van der Waals surface area contributed by atoms with E-state index in [-0.39, 0.29) is 30.6 Å². The van der Waals surface area contributed by atoms with E-state index in [4.69, 9.17) is 39.2 Å². The van der Waals surface area contributed by atoms with Crippen LogP contribution in [0.1, 0.15) is 79.6 Å². The molecule has 16 N–H and O–H groups in total. The Bertz CT molecular complexity index is 1950. The highest BCUT2D eigenvalue weighted by molar-refractivity contribution is 7.79. The summed E-state index contributed by atoms with van der Waals surface area (Å²) in [5.41, 5.74) is 18.6. The van der Waals surface area contributed by atoms with E-state index in [0.717, 1.165) is 27.8 Å². The Labute approximate surface area is 362 Å². The molecular formula is C43H58N6O12S. The van der Waals surface area contributed by atoms with Crippen LogP contribution < -0.4 is 34.8 Å². The van der Waals surface area contributed by atoms with Gasteiger partial charge in [-0.05, 0) is 71.0 Å². The van der Waals surface area contributed by atoms with Crippen molar-refractivity contribution < 1.29 is 56.4 Å². The number of carboxylic acid groups (broad SMARTS) is 2. The first-order valence-corrected chi connectivity index (χ1v) is 19.2. The van der Waals surface area contributed by atoms with Crippen LogP contribution in [0.5, 0.6) is 0 Å². The van der Waals surface area contributed by atoms with Crippen molar-refractivity contribution in [2.75, 3.05) is 20.2 Å². The number of carboxylic acids is 2. The number of carbonyl (C=O) groups excluding carboxylic acids is 3. The summed E-state index contributed by atoms with van der Waals surface area (Å²) in [6, 6.07) is 35.6. The number of nitrogens with two attached hydrogens (primary N) is 6. The minimum Gasteiger partial charge on any atom is -0.478 e. The molecule has 5 rings (SSSR count). The molecule has 62 heavy (non-hydrogen) atoms. The Morgan fingerprint density at radius 3 is 0.774 bits per heavy atom. The van der Waals surface area contributed by atoms with Crippen LogP contribution in [0.3, 0.4) is 0 Å². The number of hydrazine groups is 2. The van der Waals surface area contributed by atoms with E-state index in [0.29, 0.717) is 27.8 Å². The molecule has 0 amide bonds. The zero-order valence-corrected chi connectivity index (χ0v) is 36.2. The van der Waals surface area contributed by atoms with E-state index in [9.17, 15) is 24.0 Å². The lowest BCUT2D eigenvalue weighted by atomic mass is 10.1. The van der Waals surface area contributed by atoms with Gasteiger partial charge in [0.2, 0.25) is 0 Å². The fourth-order valence-corrected chi connectivity index (χ4v) is 3.91. The van der Waals surface area contributed by atoms with Crippen molar-refractivity contribution in [3.63, 3.8) is 0 Å². The second-order valence-electron chi connectivity index (χ2n) is 12.1. The SMILES string of the molecule is COC(=O)c1ccc(C)cc1.Cc1ccc(C(=O)CN)cc1.Cc1ccc(C(=O)CN)cc1.Cc1ccc(C(=O)O)cc1.Cc1ccc(C(=O)O)cc1.NN.NN.O=S(=O)(O)O. The first-order chi connectivity index (χ1) is 29.1. The van der Waals surface area contributed by atoms with Crippen molar-refractivity contribution >= 4 is 39.9 Å². The minimum atomic E-state index is -4.67. The number of carbonyl (C=O) groups is 5. The van der Waals surface area contributed by atoms with Crippen molar-refractivity contribution in [3.8, 4) is 0 Å². The van der Waals surface area contributed by atoms with Crippen molar-refractivity contribution in [3.05, 3.63) is 177 Å². The number of hydrogen-bond acceptors (Lipinski definition) is 14.